The molecule has 0 bridgehead atoms. The van der Waals surface area contributed by atoms with Crippen LogP contribution < -0.4 is 5.32 Å². The van der Waals surface area contributed by atoms with E-state index in [1.165, 1.54) is 0 Å². The average molecular weight is 388 g/mol. The lowest BCUT2D eigenvalue weighted by atomic mass is 9.90. The third-order valence-electron chi connectivity index (χ3n) is 5.26. The molecule has 2 aliphatic rings. The smallest absolute Gasteiger partial charge is 0.240 e. The molecule has 1 spiro atoms. The summed E-state index contributed by atoms with van der Waals surface area (Å²) < 4.78 is 13.7. The van der Waals surface area contributed by atoms with Crippen molar-refractivity contribution in [2.45, 2.75) is 51.0 Å². The fraction of sp³-hybridized carbons (Fsp3) is 0.526. The highest BCUT2D eigenvalue weighted by atomic mass is 32.1. The Morgan fingerprint density at radius 1 is 1.37 bits per heavy atom. The van der Waals surface area contributed by atoms with Crippen LogP contribution in [0.25, 0.3) is 11.4 Å². The molecule has 2 aromatic rings. The fourth-order valence-corrected chi connectivity index (χ4v) is 4.07. The summed E-state index contributed by atoms with van der Waals surface area (Å²) in [7, 11) is 0. The minimum atomic E-state index is -0.410. The Kier molecular flexibility index (Phi) is 5.12. The maximum Gasteiger partial charge on any atom is 0.240 e. The number of carbonyl (C=O) groups excluding carboxylic acids is 1. The van der Waals surface area contributed by atoms with Gasteiger partial charge in [0.1, 0.15) is 6.54 Å². The second kappa shape index (κ2) is 7.53. The number of H-pyrrole nitrogens is 1. The van der Waals surface area contributed by atoms with Gasteiger partial charge in [0.15, 0.2) is 16.4 Å². The third-order valence-corrected chi connectivity index (χ3v) is 5.57. The minimum absolute atomic E-state index is 0.0596. The van der Waals surface area contributed by atoms with Crippen LogP contribution in [0.15, 0.2) is 24.3 Å². The Balaban J connectivity index is 1.40. The quantitative estimate of drug-likeness (QED) is 0.787. The maximum absolute atomic E-state index is 12.6. The minimum Gasteiger partial charge on any atom is -0.352 e. The molecule has 1 aliphatic heterocycles. The van der Waals surface area contributed by atoms with E-state index in [2.05, 4.69) is 15.5 Å². The van der Waals surface area contributed by atoms with Crippen LogP contribution in [0.1, 0.15) is 31.2 Å². The average Bonchev–Trinajstić information content (AvgIpc) is 3.25. The van der Waals surface area contributed by atoms with E-state index >= 15 is 0 Å². The van der Waals surface area contributed by atoms with Crippen molar-refractivity contribution in [3.05, 3.63) is 34.6 Å². The van der Waals surface area contributed by atoms with Crippen molar-refractivity contribution in [1.29, 1.82) is 0 Å². The van der Waals surface area contributed by atoms with Crippen molar-refractivity contribution in [2.24, 2.45) is 0 Å². The highest BCUT2D eigenvalue weighted by Gasteiger charge is 2.40. The van der Waals surface area contributed by atoms with Gasteiger partial charge in [0, 0.05) is 24.4 Å². The molecule has 144 valence electrons. The van der Waals surface area contributed by atoms with E-state index in [1.54, 1.807) is 4.57 Å². The summed E-state index contributed by atoms with van der Waals surface area (Å²) in [5.74, 6) is 0.206. The molecule has 1 aliphatic carbocycles. The van der Waals surface area contributed by atoms with Crippen LogP contribution in [-0.2, 0) is 20.8 Å². The number of aromatic amines is 1. The number of carbonyl (C=O) groups is 1. The van der Waals surface area contributed by atoms with Gasteiger partial charge in [-0.05, 0) is 38.0 Å². The third kappa shape index (κ3) is 3.97. The topological polar surface area (TPSA) is 81.2 Å². The van der Waals surface area contributed by atoms with Crippen LogP contribution in [0, 0.1) is 11.7 Å². The highest BCUT2D eigenvalue weighted by Crippen LogP contribution is 2.35. The molecule has 0 atom stereocenters. The fourth-order valence-electron chi connectivity index (χ4n) is 3.87. The van der Waals surface area contributed by atoms with E-state index < -0.39 is 5.79 Å². The zero-order chi connectivity index (χ0) is 18.9. The van der Waals surface area contributed by atoms with Gasteiger partial charge in [-0.1, -0.05) is 23.8 Å². The monoisotopic (exact) mass is 388 g/mol. The Morgan fingerprint density at radius 3 is 2.81 bits per heavy atom. The first-order chi connectivity index (χ1) is 13.0. The van der Waals surface area contributed by atoms with Gasteiger partial charge in [-0.15, -0.1) is 0 Å². The number of amides is 1. The first-order valence-corrected chi connectivity index (χ1v) is 9.75. The first kappa shape index (κ1) is 18.3. The van der Waals surface area contributed by atoms with Gasteiger partial charge in [-0.2, -0.15) is 5.10 Å². The summed E-state index contributed by atoms with van der Waals surface area (Å²) in [6.07, 6.45) is 3.34. The predicted octanol–water partition coefficient (Wildman–Crippen LogP) is 2.72. The number of nitrogens with one attached hydrogen (secondary N) is 2. The molecule has 4 rings (SSSR count). The second-order valence-corrected chi connectivity index (χ2v) is 7.64. The van der Waals surface area contributed by atoms with Gasteiger partial charge in [0.25, 0.3) is 0 Å². The molecule has 27 heavy (non-hydrogen) atoms. The molecular weight excluding hydrogens is 364 g/mol. The number of aromatic nitrogens is 3. The van der Waals surface area contributed by atoms with Gasteiger partial charge < -0.3 is 14.8 Å². The van der Waals surface area contributed by atoms with Crippen LogP contribution in [0.3, 0.4) is 0 Å². The molecular formula is C19H24N4O3S. The zero-order valence-corrected chi connectivity index (χ0v) is 16.2. The first-order valence-electron chi connectivity index (χ1n) is 9.34. The Labute approximate surface area is 163 Å². The van der Waals surface area contributed by atoms with Crippen molar-refractivity contribution in [2.75, 3.05) is 13.2 Å². The summed E-state index contributed by atoms with van der Waals surface area (Å²) in [5, 5.41) is 10.2. The molecule has 2 heterocycles. The van der Waals surface area contributed by atoms with Gasteiger partial charge in [-0.25, -0.2) is 0 Å². The molecule has 0 unspecified atom stereocenters. The zero-order valence-electron chi connectivity index (χ0n) is 15.4. The van der Waals surface area contributed by atoms with Crippen LogP contribution in [0.2, 0.25) is 0 Å². The van der Waals surface area contributed by atoms with Crippen LogP contribution in [-0.4, -0.2) is 45.7 Å². The Hall–Kier alpha value is -2.03. The number of nitrogens with zero attached hydrogens (tertiary/aromatic N) is 2. The molecule has 1 amide bonds. The highest BCUT2D eigenvalue weighted by molar-refractivity contribution is 7.71. The molecule has 0 radical (unpaired) electrons. The Morgan fingerprint density at radius 2 is 2.11 bits per heavy atom. The molecule has 1 aromatic carbocycles. The lowest BCUT2D eigenvalue weighted by Gasteiger charge is -2.35. The normalized spacial score (nSPS) is 19.4. The van der Waals surface area contributed by atoms with E-state index in [1.807, 2.05) is 31.2 Å². The van der Waals surface area contributed by atoms with E-state index in [4.69, 9.17) is 21.7 Å². The molecule has 7 nitrogen and oxygen atoms in total. The number of ether oxygens (including phenoxy) is 2. The number of aryl methyl sites for hydroxylation is 1. The van der Waals surface area contributed by atoms with E-state index in [9.17, 15) is 4.79 Å². The van der Waals surface area contributed by atoms with Crippen molar-refractivity contribution in [3.63, 3.8) is 0 Å². The molecule has 1 saturated heterocycles. The molecule has 2 fully saturated rings. The molecule has 8 heteroatoms. The summed E-state index contributed by atoms with van der Waals surface area (Å²) in [6.45, 7) is 3.50. The second-order valence-electron chi connectivity index (χ2n) is 7.26. The number of benzene rings is 1. The SMILES string of the molecule is Cc1cccc(-c2n[nH]c(=S)n2CC(=O)NC2CCC3(CC2)OCCO3)c1. The van der Waals surface area contributed by atoms with Gasteiger partial charge in [-0.3, -0.25) is 14.5 Å². The van der Waals surface area contributed by atoms with Gasteiger partial charge >= 0.3 is 0 Å². The van der Waals surface area contributed by atoms with Gasteiger partial charge in [0.05, 0.1) is 13.2 Å². The molecule has 1 aromatic heterocycles. The standard InChI is InChI=1S/C19H24N4O3S/c1-13-3-2-4-14(11-13)17-21-22-18(27)23(17)12-16(24)20-15-5-7-19(8-6-15)25-9-10-26-19/h2-4,11,15H,5-10,12H2,1H3,(H,20,24)(H,22,27). The summed E-state index contributed by atoms with van der Waals surface area (Å²) in [5.41, 5.74) is 2.06. The van der Waals surface area contributed by atoms with E-state index in [0.29, 0.717) is 23.8 Å². The van der Waals surface area contributed by atoms with Gasteiger partial charge in [0.2, 0.25) is 5.91 Å². The van der Waals surface area contributed by atoms with Crippen molar-refractivity contribution >= 4 is 18.1 Å². The maximum atomic E-state index is 12.6. The largest absolute Gasteiger partial charge is 0.352 e. The Bertz CT molecular complexity index is 875. The number of hydrogen-bond acceptors (Lipinski definition) is 5. The number of rotatable bonds is 4. The lowest BCUT2D eigenvalue weighted by molar-refractivity contribution is -0.180. The molecule has 1 saturated carbocycles. The number of hydrogen-bond donors (Lipinski definition) is 2. The van der Waals surface area contributed by atoms with Crippen molar-refractivity contribution in [3.8, 4) is 11.4 Å². The summed E-state index contributed by atoms with van der Waals surface area (Å²) >= 11 is 5.33. The van der Waals surface area contributed by atoms with Crippen LogP contribution in [0.4, 0.5) is 0 Å². The van der Waals surface area contributed by atoms with E-state index in [0.717, 1.165) is 36.8 Å². The predicted molar refractivity (Wildman–Crippen MR) is 103 cm³/mol. The lowest BCUT2D eigenvalue weighted by Crippen LogP contribution is -2.44. The van der Waals surface area contributed by atoms with Crippen LogP contribution >= 0.6 is 12.2 Å². The molecule has 2 N–H and O–H groups in total. The van der Waals surface area contributed by atoms with Crippen molar-refractivity contribution in [1.82, 2.24) is 20.1 Å². The van der Waals surface area contributed by atoms with Crippen LogP contribution in [0.5, 0.6) is 0 Å². The summed E-state index contributed by atoms with van der Waals surface area (Å²) in [6, 6.07) is 8.13. The van der Waals surface area contributed by atoms with E-state index in [-0.39, 0.29) is 18.5 Å². The van der Waals surface area contributed by atoms with Crippen molar-refractivity contribution < 1.29 is 14.3 Å². The summed E-state index contributed by atoms with van der Waals surface area (Å²) in [4.78, 5) is 12.6.